The number of amides is 1. The largest absolute Gasteiger partial charge is 0.493 e. The van der Waals surface area contributed by atoms with Gasteiger partial charge in [0.2, 0.25) is 0 Å². The van der Waals surface area contributed by atoms with Crippen LogP contribution in [-0.4, -0.2) is 35.9 Å². The van der Waals surface area contributed by atoms with Crippen molar-refractivity contribution in [1.29, 1.82) is 0 Å². The number of hydrogen-bond donors (Lipinski definition) is 1. The van der Waals surface area contributed by atoms with E-state index in [1.165, 1.54) is 18.9 Å². The van der Waals surface area contributed by atoms with E-state index in [4.69, 9.17) is 14.6 Å². The normalized spacial score (nSPS) is 15.8. The van der Waals surface area contributed by atoms with Crippen molar-refractivity contribution in [2.45, 2.75) is 0 Å². The number of hydrogen-bond acceptors (Lipinski definition) is 6. The molecule has 1 saturated heterocycles. The van der Waals surface area contributed by atoms with Crippen LogP contribution in [0.4, 0.5) is 11.4 Å². The topological polar surface area (TPSA) is 88.4 Å². The number of carboxylic acids is 1. The molecular formula is C25H20N2O5S. The molecule has 0 bridgehead atoms. The van der Waals surface area contributed by atoms with Crippen LogP contribution < -0.4 is 14.4 Å². The summed E-state index contributed by atoms with van der Waals surface area (Å²) < 4.78 is 10.8. The first-order valence-corrected chi connectivity index (χ1v) is 10.8. The Bertz CT molecular complexity index is 1230. The number of anilines is 1. The van der Waals surface area contributed by atoms with E-state index < -0.39 is 12.6 Å². The molecule has 3 aromatic carbocycles. The molecule has 0 atom stereocenters. The summed E-state index contributed by atoms with van der Waals surface area (Å²) in [5.74, 6) is -0.728. The average molecular weight is 461 g/mol. The Morgan fingerprint density at radius 2 is 1.73 bits per heavy atom. The number of aliphatic carboxylic acids is 1. The molecule has 1 aliphatic rings. The molecule has 7 nitrogen and oxygen atoms in total. The van der Waals surface area contributed by atoms with Gasteiger partial charge in [0.1, 0.15) is 0 Å². The Labute approximate surface area is 195 Å². The van der Waals surface area contributed by atoms with Gasteiger partial charge in [-0.15, -0.1) is 0 Å². The Morgan fingerprint density at radius 1 is 1.03 bits per heavy atom. The lowest BCUT2D eigenvalue weighted by atomic mass is 10.1. The molecule has 4 rings (SSSR count). The van der Waals surface area contributed by atoms with Crippen molar-refractivity contribution in [3.63, 3.8) is 0 Å². The van der Waals surface area contributed by atoms with Crippen molar-refractivity contribution in [3.8, 4) is 11.5 Å². The third-order valence-electron chi connectivity index (χ3n) is 4.66. The van der Waals surface area contributed by atoms with Crippen LogP contribution in [0.1, 0.15) is 5.56 Å². The first-order valence-electron chi connectivity index (χ1n) is 10.0. The summed E-state index contributed by atoms with van der Waals surface area (Å²) in [5.41, 5.74) is 1.95. The van der Waals surface area contributed by atoms with Gasteiger partial charge in [-0.25, -0.2) is 9.79 Å². The van der Waals surface area contributed by atoms with Crippen LogP contribution in [0.25, 0.3) is 6.08 Å². The number of benzene rings is 3. The quantitative estimate of drug-likeness (QED) is 0.501. The van der Waals surface area contributed by atoms with E-state index in [1.54, 1.807) is 29.2 Å². The summed E-state index contributed by atoms with van der Waals surface area (Å²) in [6, 6.07) is 23.8. The second-order valence-corrected chi connectivity index (χ2v) is 7.89. The molecule has 0 radical (unpaired) electrons. The van der Waals surface area contributed by atoms with Gasteiger partial charge in [-0.3, -0.25) is 9.69 Å². The number of ether oxygens (including phenoxy) is 2. The van der Waals surface area contributed by atoms with E-state index in [0.717, 1.165) is 5.69 Å². The Kier molecular flexibility index (Phi) is 6.75. The summed E-state index contributed by atoms with van der Waals surface area (Å²) in [6.45, 7) is -0.533. The van der Waals surface area contributed by atoms with E-state index in [0.29, 0.717) is 27.1 Å². The number of methoxy groups -OCH3 is 1. The molecule has 1 N–H and O–H groups in total. The van der Waals surface area contributed by atoms with Crippen molar-refractivity contribution in [2.24, 2.45) is 4.99 Å². The molecule has 166 valence electrons. The molecule has 1 amide bonds. The summed E-state index contributed by atoms with van der Waals surface area (Å²) in [6.07, 6.45) is 1.66. The number of rotatable bonds is 7. The molecule has 3 aromatic rings. The molecule has 0 aromatic heterocycles. The highest BCUT2D eigenvalue weighted by Crippen LogP contribution is 2.40. The minimum absolute atomic E-state index is 0.243. The van der Waals surface area contributed by atoms with Crippen molar-refractivity contribution < 1.29 is 24.2 Å². The minimum atomic E-state index is -1.11. The highest BCUT2D eigenvalue weighted by Gasteiger charge is 2.35. The van der Waals surface area contributed by atoms with Gasteiger partial charge in [-0.05, 0) is 48.2 Å². The molecule has 0 aliphatic carbocycles. The summed E-state index contributed by atoms with van der Waals surface area (Å²) in [5, 5.41) is 9.54. The Morgan fingerprint density at radius 3 is 2.39 bits per heavy atom. The predicted molar refractivity (Wildman–Crippen MR) is 129 cm³/mol. The fourth-order valence-electron chi connectivity index (χ4n) is 3.20. The molecule has 0 unspecified atom stereocenters. The van der Waals surface area contributed by atoms with Gasteiger partial charge in [0.25, 0.3) is 5.91 Å². The third kappa shape index (κ3) is 5.07. The second-order valence-electron chi connectivity index (χ2n) is 6.88. The molecular weight excluding hydrogens is 440 g/mol. The molecule has 0 saturated carbocycles. The number of thioether (sulfide) groups is 1. The van der Waals surface area contributed by atoms with E-state index in [-0.39, 0.29) is 11.7 Å². The zero-order chi connectivity index (χ0) is 23.2. The van der Waals surface area contributed by atoms with Crippen molar-refractivity contribution >= 4 is 46.3 Å². The third-order valence-corrected chi connectivity index (χ3v) is 5.63. The maximum atomic E-state index is 13.4. The number of carbonyl (C=O) groups excluding carboxylic acids is 1. The molecule has 8 heteroatoms. The first-order chi connectivity index (χ1) is 16.1. The highest BCUT2D eigenvalue weighted by atomic mass is 32.2. The van der Waals surface area contributed by atoms with Gasteiger partial charge in [0.05, 0.1) is 23.4 Å². The zero-order valence-corrected chi connectivity index (χ0v) is 18.5. The number of carboxylic acid groups (broad SMARTS) is 1. The van der Waals surface area contributed by atoms with Crippen molar-refractivity contribution in [1.82, 2.24) is 0 Å². The van der Waals surface area contributed by atoms with E-state index >= 15 is 0 Å². The summed E-state index contributed by atoms with van der Waals surface area (Å²) in [7, 11) is 1.47. The molecule has 1 aliphatic heterocycles. The molecule has 0 spiro atoms. The fourth-order valence-corrected chi connectivity index (χ4v) is 4.20. The lowest BCUT2D eigenvalue weighted by Crippen LogP contribution is -2.28. The van der Waals surface area contributed by atoms with Crippen molar-refractivity contribution in [2.75, 3.05) is 18.6 Å². The number of amidine groups is 1. The maximum absolute atomic E-state index is 13.4. The smallest absolute Gasteiger partial charge is 0.341 e. The lowest BCUT2D eigenvalue weighted by Gasteiger charge is -2.15. The zero-order valence-electron chi connectivity index (χ0n) is 17.7. The van der Waals surface area contributed by atoms with Gasteiger partial charge in [-0.2, -0.15) is 0 Å². The number of aliphatic imine (C=N–C) groups is 1. The Balaban J connectivity index is 1.77. The van der Waals surface area contributed by atoms with Gasteiger partial charge in [0, 0.05) is 5.56 Å². The number of para-hydroxylation sites is 3. The van der Waals surface area contributed by atoms with Gasteiger partial charge < -0.3 is 14.6 Å². The predicted octanol–water partition coefficient (Wildman–Crippen LogP) is 4.97. The van der Waals surface area contributed by atoms with Crippen LogP contribution in [0.3, 0.4) is 0 Å². The van der Waals surface area contributed by atoms with E-state index in [9.17, 15) is 9.59 Å². The van der Waals surface area contributed by atoms with Gasteiger partial charge in [-0.1, -0.05) is 48.5 Å². The first kappa shape index (κ1) is 22.2. The fraction of sp³-hybridized carbons (Fsp3) is 0.0800. The summed E-state index contributed by atoms with van der Waals surface area (Å²) >= 11 is 1.23. The van der Waals surface area contributed by atoms with Gasteiger partial charge in [0.15, 0.2) is 23.3 Å². The standard InChI is InChI=1S/C25H20N2O5S/c1-31-20-14-8-9-17(23(20)32-16-22(28)29)15-21-24(30)27(19-12-6-3-7-13-19)25(33-21)26-18-10-4-2-5-11-18/h2-15H,16H2,1H3,(H,28,29)/b21-15-,26-25?. The number of nitrogens with zero attached hydrogens (tertiary/aromatic N) is 2. The monoisotopic (exact) mass is 460 g/mol. The molecule has 33 heavy (non-hydrogen) atoms. The second kappa shape index (κ2) is 10.1. The Hall–Kier alpha value is -4.04. The minimum Gasteiger partial charge on any atom is -0.493 e. The van der Waals surface area contributed by atoms with Crippen LogP contribution in [0.5, 0.6) is 11.5 Å². The van der Waals surface area contributed by atoms with Crippen molar-refractivity contribution in [3.05, 3.63) is 89.3 Å². The maximum Gasteiger partial charge on any atom is 0.341 e. The van der Waals surface area contributed by atoms with E-state index in [1.807, 2.05) is 60.7 Å². The lowest BCUT2D eigenvalue weighted by molar-refractivity contribution is -0.139. The van der Waals surface area contributed by atoms with Crippen LogP contribution in [0.15, 0.2) is 88.8 Å². The van der Waals surface area contributed by atoms with E-state index in [2.05, 4.69) is 4.99 Å². The van der Waals surface area contributed by atoms with Crippen LogP contribution in [0, 0.1) is 0 Å². The SMILES string of the molecule is COc1cccc(/C=C2\SC(=Nc3ccccc3)N(c3ccccc3)C2=O)c1OCC(=O)O. The van der Waals surface area contributed by atoms with Crippen LogP contribution >= 0.6 is 11.8 Å². The van der Waals surface area contributed by atoms with Crippen LogP contribution in [0.2, 0.25) is 0 Å². The average Bonchev–Trinajstić information content (AvgIpc) is 3.13. The summed E-state index contributed by atoms with van der Waals surface area (Å²) in [4.78, 5) is 31.1. The molecule has 1 heterocycles. The molecule has 1 fully saturated rings. The van der Waals surface area contributed by atoms with Crippen LogP contribution in [-0.2, 0) is 9.59 Å². The van der Waals surface area contributed by atoms with Gasteiger partial charge >= 0.3 is 5.97 Å². The number of carbonyl (C=O) groups is 2. The highest BCUT2D eigenvalue weighted by molar-refractivity contribution is 8.19.